The zero-order chi connectivity index (χ0) is 8.15. The minimum atomic E-state index is -0.260. The Bertz CT molecular complexity index is 112. The van der Waals surface area contributed by atoms with Gasteiger partial charge >= 0.3 is 0 Å². The van der Waals surface area contributed by atoms with Crippen LogP contribution >= 0.6 is 0 Å². The quantitative estimate of drug-likeness (QED) is 0.587. The summed E-state index contributed by atoms with van der Waals surface area (Å²) in [6.45, 7) is 4.63. The third kappa shape index (κ3) is 3.45. The lowest BCUT2D eigenvalue weighted by atomic mass is 9.93. The van der Waals surface area contributed by atoms with E-state index in [1.165, 1.54) is 0 Å². The molecule has 0 aromatic carbocycles. The van der Waals surface area contributed by atoms with Crippen LogP contribution in [-0.2, 0) is 4.79 Å². The minimum absolute atomic E-state index is 0.248. The van der Waals surface area contributed by atoms with Gasteiger partial charge in [-0.1, -0.05) is 13.8 Å². The molecule has 10 heavy (non-hydrogen) atoms. The van der Waals surface area contributed by atoms with Crippen molar-refractivity contribution in [2.45, 2.75) is 20.3 Å². The fourth-order valence-corrected chi connectivity index (χ4v) is 0.850. The summed E-state index contributed by atoms with van der Waals surface area (Å²) in [5, 5.41) is 0. The fraction of sp³-hybridized carbons (Fsp3) is 0.857. The second kappa shape index (κ2) is 4.28. The first kappa shape index (κ1) is 9.43. The molecule has 0 heterocycles. The van der Waals surface area contributed by atoms with Crippen molar-refractivity contribution in [1.82, 2.24) is 0 Å². The molecule has 0 saturated carbocycles. The number of rotatable bonds is 4. The van der Waals surface area contributed by atoms with Crippen molar-refractivity contribution in [1.29, 1.82) is 0 Å². The number of primary amides is 1. The molecule has 0 aliphatic heterocycles. The highest BCUT2D eigenvalue weighted by Gasteiger charge is 2.13. The number of carbonyl (C=O) groups is 1. The van der Waals surface area contributed by atoms with E-state index in [1.54, 1.807) is 0 Å². The van der Waals surface area contributed by atoms with Crippen LogP contribution < -0.4 is 11.5 Å². The van der Waals surface area contributed by atoms with E-state index >= 15 is 0 Å². The van der Waals surface area contributed by atoms with Crippen molar-refractivity contribution in [3.63, 3.8) is 0 Å². The van der Waals surface area contributed by atoms with Crippen LogP contribution in [0.15, 0.2) is 0 Å². The van der Waals surface area contributed by atoms with Gasteiger partial charge in [0.1, 0.15) is 0 Å². The third-order valence-corrected chi connectivity index (χ3v) is 1.71. The van der Waals surface area contributed by atoms with Crippen molar-refractivity contribution >= 4 is 5.91 Å². The first-order chi connectivity index (χ1) is 4.57. The van der Waals surface area contributed by atoms with Gasteiger partial charge in [-0.3, -0.25) is 4.79 Å². The lowest BCUT2D eigenvalue weighted by Crippen LogP contribution is -2.26. The first-order valence-corrected chi connectivity index (χ1v) is 3.56. The zero-order valence-electron chi connectivity index (χ0n) is 6.63. The molecule has 1 amide bonds. The summed E-state index contributed by atoms with van der Waals surface area (Å²) in [4.78, 5) is 10.4. The molecule has 0 radical (unpaired) electrons. The summed E-state index contributed by atoms with van der Waals surface area (Å²) in [5.74, 6) is 0.430. The summed E-state index contributed by atoms with van der Waals surface area (Å²) in [6, 6.07) is 0. The van der Waals surface area contributed by atoms with Gasteiger partial charge in [0.15, 0.2) is 0 Å². The van der Waals surface area contributed by atoms with E-state index in [4.69, 9.17) is 11.5 Å². The SMILES string of the molecule is CC(C)C(CN)CC(N)=O. The maximum absolute atomic E-state index is 10.4. The molecule has 0 aliphatic rings. The Morgan fingerprint density at radius 3 is 2.10 bits per heavy atom. The smallest absolute Gasteiger partial charge is 0.217 e. The number of carbonyl (C=O) groups excluding carboxylic acids is 1. The van der Waals surface area contributed by atoms with Crippen LogP contribution in [0.25, 0.3) is 0 Å². The molecule has 0 spiro atoms. The Labute approximate surface area is 61.8 Å². The molecule has 0 rings (SSSR count). The molecule has 1 unspecified atom stereocenters. The fourth-order valence-electron chi connectivity index (χ4n) is 0.850. The Hall–Kier alpha value is -0.570. The van der Waals surface area contributed by atoms with Gasteiger partial charge in [-0.05, 0) is 18.4 Å². The molecule has 0 fully saturated rings. The van der Waals surface area contributed by atoms with Crippen LogP contribution in [0.3, 0.4) is 0 Å². The van der Waals surface area contributed by atoms with Crippen LogP contribution in [0.1, 0.15) is 20.3 Å². The summed E-state index contributed by atoms with van der Waals surface area (Å²) < 4.78 is 0. The van der Waals surface area contributed by atoms with Gasteiger partial charge in [-0.2, -0.15) is 0 Å². The van der Waals surface area contributed by atoms with E-state index in [0.717, 1.165) is 0 Å². The van der Waals surface area contributed by atoms with Gasteiger partial charge in [0.05, 0.1) is 0 Å². The van der Waals surface area contributed by atoms with Gasteiger partial charge in [0, 0.05) is 6.42 Å². The number of amides is 1. The topological polar surface area (TPSA) is 69.1 Å². The maximum atomic E-state index is 10.4. The average molecular weight is 144 g/mol. The van der Waals surface area contributed by atoms with Crippen molar-refractivity contribution < 1.29 is 4.79 Å². The predicted octanol–water partition coefficient (Wildman–Crippen LogP) is 0.0927. The highest BCUT2D eigenvalue weighted by Crippen LogP contribution is 2.12. The number of hydrogen-bond donors (Lipinski definition) is 2. The Balaban J connectivity index is 3.71. The van der Waals surface area contributed by atoms with Crippen molar-refractivity contribution in [2.75, 3.05) is 6.54 Å². The second-order valence-electron chi connectivity index (χ2n) is 2.91. The summed E-state index contributed by atoms with van der Waals surface area (Å²) in [6.07, 6.45) is 0.411. The van der Waals surface area contributed by atoms with E-state index in [-0.39, 0.29) is 11.8 Å². The Morgan fingerprint density at radius 2 is 2.00 bits per heavy atom. The van der Waals surface area contributed by atoms with Crippen LogP contribution in [0.4, 0.5) is 0 Å². The first-order valence-electron chi connectivity index (χ1n) is 3.56. The Morgan fingerprint density at radius 1 is 1.50 bits per heavy atom. The van der Waals surface area contributed by atoms with Crippen molar-refractivity contribution in [2.24, 2.45) is 23.3 Å². The highest BCUT2D eigenvalue weighted by molar-refractivity contribution is 5.74. The van der Waals surface area contributed by atoms with Crippen LogP contribution in [0.5, 0.6) is 0 Å². The molecule has 1 atom stereocenters. The van der Waals surface area contributed by atoms with Gasteiger partial charge in [-0.15, -0.1) is 0 Å². The van der Waals surface area contributed by atoms with Gasteiger partial charge in [0.2, 0.25) is 5.91 Å². The summed E-state index contributed by atoms with van der Waals surface area (Å²) in [5.41, 5.74) is 10.4. The van der Waals surface area contributed by atoms with E-state index in [2.05, 4.69) is 0 Å². The van der Waals surface area contributed by atoms with Gasteiger partial charge < -0.3 is 11.5 Å². The largest absolute Gasteiger partial charge is 0.370 e. The standard InChI is InChI=1S/C7H16N2O/c1-5(2)6(4-8)3-7(9)10/h5-6H,3-4,8H2,1-2H3,(H2,9,10). The number of hydrogen-bond acceptors (Lipinski definition) is 2. The zero-order valence-corrected chi connectivity index (χ0v) is 6.63. The van der Waals surface area contributed by atoms with Crippen molar-refractivity contribution in [3.8, 4) is 0 Å². The molecule has 0 aromatic heterocycles. The van der Waals surface area contributed by atoms with Crippen LogP contribution in [-0.4, -0.2) is 12.5 Å². The molecule has 60 valence electrons. The molecular formula is C7H16N2O. The summed E-state index contributed by atoms with van der Waals surface area (Å²) in [7, 11) is 0. The minimum Gasteiger partial charge on any atom is -0.370 e. The predicted molar refractivity (Wildman–Crippen MR) is 41.2 cm³/mol. The Kier molecular flexibility index (Phi) is 4.03. The van der Waals surface area contributed by atoms with E-state index in [1.807, 2.05) is 13.8 Å². The number of nitrogens with two attached hydrogens (primary N) is 2. The van der Waals surface area contributed by atoms with Gasteiger partial charge in [-0.25, -0.2) is 0 Å². The highest BCUT2D eigenvalue weighted by atomic mass is 16.1. The maximum Gasteiger partial charge on any atom is 0.217 e. The lowest BCUT2D eigenvalue weighted by Gasteiger charge is -2.15. The second-order valence-corrected chi connectivity index (χ2v) is 2.91. The van der Waals surface area contributed by atoms with Gasteiger partial charge in [0.25, 0.3) is 0 Å². The molecule has 0 aromatic rings. The van der Waals surface area contributed by atoms with Crippen LogP contribution in [0.2, 0.25) is 0 Å². The average Bonchev–Trinajstić information content (AvgIpc) is 1.81. The molecule has 0 saturated heterocycles. The van der Waals surface area contributed by atoms with E-state index in [0.29, 0.717) is 18.9 Å². The van der Waals surface area contributed by atoms with Crippen molar-refractivity contribution in [3.05, 3.63) is 0 Å². The molecule has 0 bridgehead atoms. The molecule has 0 aliphatic carbocycles. The molecule has 3 heteroatoms. The van der Waals surface area contributed by atoms with E-state index < -0.39 is 0 Å². The monoisotopic (exact) mass is 144 g/mol. The molecule has 4 N–H and O–H groups in total. The molecule has 3 nitrogen and oxygen atoms in total. The van der Waals surface area contributed by atoms with E-state index in [9.17, 15) is 4.79 Å². The molecular weight excluding hydrogens is 128 g/mol. The van der Waals surface area contributed by atoms with Crippen LogP contribution in [0, 0.1) is 11.8 Å². The normalized spacial score (nSPS) is 13.6. The third-order valence-electron chi connectivity index (χ3n) is 1.71. The lowest BCUT2D eigenvalue weighted by molar-refractivity contribution is -0.119. The summed E-state index contributed by atoms with van der Waals surface area (Å²) >= 11 is 0.